The van der Waals surface area contributed by atoms with E-state index in [0.29, 0.717) is 5.82 Å². The lowest BCUT2D eigenvalue weighted by Gasteiger charge is -2.16. The molecule has 1 saturated carbocycles. The minimum atomic E-state index is -4.64. The summed E-state index contributed by atoms with van der Waals surface area (Å²) < 4.78 is 40.9. The third kappa shape index (κ3) is 2.37. The Balaban J connectivity index is 2.35. The number of nitrogens with two attached hydrogens (primary N) is 1. The molecule has 0 radical (unpaired) electrons. The van der Waals surface area contributed by atoms with Gasteiger partial charge in [0.05, 0.1) is 5.39 Å². The lowest BCUT2D eigenvalue weighted by molar-refractivity contribution is -0.141. The molecule has 3 rings (SSSR count). The molecule has 118 valence electrons. The molecule has 22 heavy (non-hydrogen) atoms. The second kappa shape index (κ2) is 4.77. The number of aromatic nitrogens is 3. The summed E-state index contributed by atoms with van der Waals surface area (Å²) in [7, 11) is 0. The van der Waals surface area contributed by atoms with Gasteiger partial charge in [-0.15, -0.1) is 0 Å². The topological polar surface area (TPSA) is 73.8 Å². The van der Waals surface area contributed by atoms with Gasteiger partial charge in [-0.1, -0.05) is 0 Å². The van der Waals surface area contributed by atoms with Crippen LogP contribution in [0.1, 0.15) is 48.9 Å². The molecule has 8 heteroatoms. The van der Waals surface area contributed by atoms with Crippen molar-refractivity contribution >= 4 is 11.0 Å². The van der Waals surface area contributed by atoms with Crippen LogP contribution >= 0.6 is 0 Å². The van der Waals surface area contributed by atoms with Crippen molar-refractivity contribution in [1.29, 1.82) is 0 Å². The molecule has 0 bridgehead atoms. The molecule has 0 aliphatic heterocycles. The summed E-state index contributed by atoms with van der Waals surface area (Å²) in [5.74, 6) is 0.383. The molecule has 2 heterocycles. The standard InChI is InChI=1S/C14H15F3N4O/c1-6(18)9-5-10-12(20-11(9)14(15,16)17)19-7(2)21(13(10)22)8-3-4-8/h5-6,8H,3-4,18H2,1-2H3. The predicted molar refractivity (Wildman–Crippen MR) is 74.4 cm³/mol. The van der Waals surface area contributed by atoms with Gasteiger partial charge in [-0.3, -0.25) is 9.36 Å². The van der Waals surface area contributed by atoms with Gasteiger partial charge in [-0.25, -0.2) is 9.97 Å². The van der Waals surface area contributed by atoms with Crippen molar-refractivity contribution in [3.63, 3.8) is 0 Å². The van der Waals surface area contributed by atoms with Gasteiger partial charge in [0.15, 0.2) is 11.3 Å². The molecule has 2 N–H and O–H groups in total. The number of fused-ring (bicyclic) bond motifs is 1. The van der Waals surface area contributed by atoms with E-state index in [-0.39, 0.29) is 28.2 Å². The first kappa shape index (κ1) is 15.0. The molecule has 2 aromatic rings. The molecule has 1 atom stereocenters. The van der Waals surface area contributed by atoms with E-state index in [4.69, 9.17) is 5.73 Å². The first-order chi connectivity index (χ1) is 10.2. The van der Waals surface area contributed by atoms with Crippen LogP contribution in [-0.2, 0) is 6.18 Å². The molecule has 0 saturated heterocycles. The van der Waals surface area contributed by atoms with E-state index in [1.807, 2.05) is 0 Å². The Morgan fingerprint density at radius 1 is 1.36 bits per heavy atom. The van der Waals surface area contributed by atoms with Crippen LogP contribution in [0.2, 0.25) is 0 Å². The zero-order valence-corrected chi connectivity index (χ0v) is 12.1. The summed E-state index contributed by atoms with van der Waals surface area (Å²) in [6.45, 7) is 3.03. The number of aryl methyl sites for hydroxylation is 1. The molecule has 1 fully saturated rings. The zero-order valence-electron chi connectivity index (χ0n) is 12.1. The quantitative estimate of drug-likeness (QED) is 0.924. The highest BCUT2D eigenvalue weighted by molar-refractivity contribution is 5.75. The average molecular weight is 312 g/mol. The second-order valence-electron chi connectivity index (χ2n) is 5.65. The third-order valence-electron chi connectivity index (χ3n) is 3.77. The predicted octanol–water partition coefficient (Wildman–Crippen LogP) is 2.47. The van der Waals surface area contributed by atoms with Gasteiger partial charge < -0.3 is 5.73 Å². The minimum absolute atomic E-state index is 0.0813. The number of pyridine rings is 1. The van der Waals surface area contributed by atoms with Gasteiger partial charge in [0.1, 0.15) is 5.82 Å². The molecular formula is C14H15F3N4O. The Morgan fingerprint density at radius 2 is 2.00 bits per heavy atom. The smallest absolute Gasteiger partial charge is 0.324 e. The summed E-state index contributed by atoms with van der Waals surface area (Å²) in [5.41, 5.74) is 3.82. The monoisotopic (exact) mass is 312 g/mol. The van der Waals surface area contributed by atoms with E-state index in [2.05, 4.69) is 9.97 Å². The van der Waals surface area contributed by atoms with Crippen molar-refractivity contribution in [2.45, 2.75) is 44.9 Å². The largest absolute Gasteiger partial charge is 0.433 e. The molecule has 1 aliphatic rings. The number of hydrogen-bond acceptors (Lipinski definition) is 4. The lowest BCUT2D eigenvalue weighted by atomic mass is 10.1. The lowest BCUT2D eigenvalue weighted by Crippen LogP contribution is -2.25. The molecule has 0 aromatic carbocycles. The van der Waals surface area contributed by atoms with E-state index < -0.39 is 17.9 Å². The van der Waals surface area contributed by atoms with Crippen molar-refractivity contribution in [1.82, 2.24) is 14.5 Å². The van der Waals surface area contributed by atoms with Crippen molar-refractivity contribution in [2.75, 3.05) is 0 Å². The number of nitrogens with zero attached hydrogens (tertiary/aromatic N) is 3. The Hall–Kier alpha value is -1.96. The average Bonchev–Trinajstić information content (AvgIpc) is 3.20. The highest BCUT2D eigenvalue weighted by Gasteiger charge is 2.37. The van der Waals surface area contributed by atoms with Gasteiger partial charge in [0.2, 0.25) is 0 Å². The maximum atomic E-state index is 13.1. The van der Waals surface area contributed by atoms with Crippen LogP contribution in [0, 0.1) is 6.92 Å². The maximum Gasteiger partial charge on any atom is 0.433 e. The molecule has 1 unspecified atom stereocenters. The second-order valence-corrected chi connectivity index (χ2v) is 5.65. The van der Waals surface area contributed by atoms with Gasteiger partial charge in [-0.05, 0) is 32.8 Å². The fourth-order valence-electron chi connectivity index (χ4n) is 2.58. The van der Waals surface area contributed by atoms with E-state index in [0.717, 1.165) is 12.8 Å². The Labute approximate surface area is 124 Å². The fraction of sp³-hybridized carbons (Fsp3) is 0.500. The first-order valence-corrected chi connectivity index (χ1v) is 6.96. The van der Waals surface area contributed by atoms with Crippen molar-refractivity contribution in [3.8, 4) is 0 Å². The van der Waals surface area contributed by atoms with E-state index in [1.165, 1.54) is 17.6 Å². The fourth-order valence-corrected chi connectivity index (χ4v) is 2.58. The summed E-state index contributed by atoms with van der Waals surface area (Å²) in [5, 5.41) is 0.0813. The molecular weight excluding hydrogens is 297 g/mol. The SMILES string of the molecule is Cc1nc2nc(C(F)(F)F)c(C(C)N)cc2c(=O)n1C1CC1. The summed E-state index contributed by atoms with van der Waals surface area (Å²) >= 11 is 0. The zero-order chi connectivity index (χ0) is 16.2. The first-order valence-electron chi connectivity index (χ1n) is 6.96. The van der Waals surface area contributed by atoms with Crippen LogP contribution in [0.25, 0.3) is 11.0 Å². The van der Waals surface area contributed by atoms with Crippen LogP contribution in [-0.4, -0.2) is 14.5 Å². The Morgan fingerprint density at radius 3 is 2.50 bits per heavy atom. The van der Waals surface area contributed by atoms with Gasteiger partial charge in [0.25, 0.3) is 5.56 Å². The summed E-state index contributed by atoms with van der Waals surface area (Å²) in [6, 6.07) is 0.387. The van der Waals surface area contributed by atoms with Gasteiger partial charge in [-0.2, -0.15) is 13.2 Å². The van der Waals surface area contributed by atoms with Gasteiger partial charge >= 0.3 is 6.18 Å². The molecule has 2 aromatic heterocycles. The molecule has 0 amide bonds. The molecule has 0 spiro atoms. The normalized spacial score (nSPS) is 17.0. The number of halogens is 3. The summed E-state index contributed by atoms with van der Waals surface area (Å²) in [4.78, 5) is 20.2. The summed E-state index contributed by atoms with van der Waals surface area (Å²) in [6.07, 6.45) is -2.89. The highest BCUT2D eigenvalue weighted by atomic mass is 19.4. The van der Waals surface area contributed by atoms with Crippen LogP contribution in [0.4, 0.5) is 13.2 Å². The number of rotatable bonds is 2. The van der Waals surface area contributed by atoms with Crippen LogP contribution < -0.4 is 11.3 Å². The minimum Gasteiger partial charge on any atom is -0.324 e. The third-order valence-corrected chi connectivity index (χ3v) is 3.77. The van der Waals surface area contributed by atoms with Crippen molar-refractivity contribution in [2.24, 2.45) is 5.73 Å². The van der Waals surface area contributed by atoms with Crippen LogP contribution in [0.5, 0.6) is 0 Å². The van der Waals surface area contributed by atoms with Crippen molar-refractivity contribution < 1.29 is 13.2 Å². The van der Waals surface area contributed by atoms with Crippen LogP contribution in [0.15, 0.2) is 10.9 Å². The van der Waals surface area contributed by atoms with E-state index in [1.54, 1.807) is 6.92 Å². The Bertz CT molecular complexity index is 806. The number of hydrogen-bond donors (Lipinski definition) is 1. The van der Waals surface area contributed by atoms with Gasteiger partial charge in [0, 0.05) is 17.6 Å². The van der Waals surface area contributed by atoms with Crippen LogP contribution in [0.3, 0.4) is 0 Å². The van der Waals surface area contributed by atoms with E-state index >= 15 is 0 Å². The highest BCUT2D eigenvalue weighted by Crippen LogP contribution is 2.36. The molecule has 5 nitrogen and oxygen atoms in total. The maximum absolute atomic E-state index is 13.1. The van der Waals surface area contributed by atoms with E-state index in [9.17, 15) is 18.0 Å². The molecule has 1 aliphatic carbocycles. The Kier molecular flexibility index (Phi) is 3.24. The number of alkyl halides is 3. The van der Waals surface area contributed by atoms with Crippen molar-refractivity contribution in [3.05, 3.63) is 33.5 Å².